The van der Waals surface area contributed by atoms with Crippen molar-refractivity contribution >= 4 is 5.91 Å². The van der Waals surface area contributed by atoms with E-state index in [9.17, 15) is 13.6 Å². The smallest absolute Gasteiger partial charge is 0.237 e. The molecule has 1 amide bonds. The molecule has 0 aliphatic carbocycles. The summed E-state index contributed by atoms with van der Waals surface area (Å²) in [5.74, 6) is -0.728. The van der Waals surface area contributed by atoms with Gasteiger partial charge in [0.05, 0.1) is 12.1 Å². The summed E-state index contributed by atoms with van der Waals surface area (Å²) in [7, 11) is 1.82. The van der Waals surface area contributed by atoms with Crippen LogP contribution >= 0.6 is 0 Å². The fraction of sp³-hybridized carbons (Fsp3) is 0.316. The minimum Gasteiger partial charge on any atom is -0.348 e. The van der Waals surface area contributed by atoms with Gasteiger partial charge in [-0.05, 0) is 56.3 Å². The quantitative estimate of drug-likeness (QED) is 0.875. The van der Waals surface area contributed by atoms with Crippen LogP contribution in [0.4, 0.5) is 8.78 Å². The van der Waals surface area contributed by atoms with Gasteiger partial charge in [-0.3, -0.25) is 9.69 Å². The van der Waals surface area contributed by atoms with E-state index in [0.29, 0.717) is 6.54 Å². The topological polar surface area (TPSA) is 32.3 Å². The highest BCUT2D eigenvalue weighted by molar-refractivity contribution is 5.81. The fourth-order valence-electron chi connectivity index (χ4n) is 2.43. The number of carbonyl (C=O) groups excluding carboxylic acids is 1. The number of hydrogen-bond acceptors (Lipinski definition) is 2. The van der Waals surface area contributed by atoms with E-state index in [1.165, 1.54) is 24.3 Å². The standard InChI is InChI=1S/C19H22F2N2O/c1-13(16-7-9-17(20)10-8-16)22-19(24)14(2)23(3)12-15-5-4-6-18(21)11-15/h4-11,13-14H,12H2,1-3H3,(H,22,24). The maximum atomic E-state index is 13.2. The molecule has 2 atom stereocenters. The van der Waals surface area contributed by atoms with Crippen molar-refractivity contribution in [3.63, 3.8) is 0 Å². The van der Waals surface area contributed by atoms with Crippen molar-refractivity contribution < 1.29 is 13.6 Å². The Balaban J connectivity index is 1.94. The molecule has 0 aromatic heterocycles. The van der Waals surface area contributed by atoms with E-state index in [1.54, 1.807) is 25.1 Å². The molecule has 24 heavy (non-hydrogen) atoms. The van der Waals surface area contributed by atoms with Gasteiger partial charge >= 0.3 is 0 Å². The number of amides is 1. The first-order chi connectivity index (χ1) is 11.4. The highest BCUT2D eigenvalue weighted by atomic mass is 19.1. The van der Waals surface area contributed by atoms with Crippen LogP contribution in [-0.4, -0.2) is 23.9 Å². The Morgan fingerprint density at radius 3 is 2.38 bits per heavy atom. The number of benzene rings is 2. The molecule has 0 spiro atoms. The molecular formula is C19H22F2N2O. The number of nitrogens with one attached hydrogen (secondary N) is 1. The third-order valence-electron chi connectivity index (χ3n) is 4.09. The van der Waals surface area contributed by atoms with Crippen molar-refractivity contribution in [3.8, 4) is 0 Å². The summed E-state index contributed by atoms with van der Waals surface area (Å²) < 4.78 is 26.2. The summed E-state index contributed by atoms with van der Waals surface area (Å²) in [5.41, 5.74) is 1.65. The predicted molar refractivity (Wildman–Crippen MR) is 90.3 cm³/mol. The van der Waals surface area contributed by atoms with Crippen molar-refractivity contribution in [2.45, 2.75) is 32.5 Å². The second-order valence-corrected chi connectivity index (χ2v) is 6.00. The van der Waals surface area contributed by atoms with Crippen LogP contribution in [0.5, 0.6) is 0 Å². The molecule has 0 heterocycles. The Bertz CT molecular complexity index is 688. The van der Waals surface area contributed by atoms with E-state index in [2.05, 4.69) is 5.32 Å². The normalized spacial score (nSPS) is 13.6. The molecule has 0 fully saturated rings. The monoisotopic (exact) mass is 332 g/mol. The minimum atomic E-state index is -0.379. The SMILES string of the molecule is CC(NC(=O)C(C)N(C)Cc1cccc(F)c1)c1ccc(F)cc1. The third kappa shape index (κ3) is 4.86. The first kappa shape index (κ1) is 18.1. The van der Waals surface area contributed by atoms with Crippen molar-refractivity contribution in [3.05, 3.63) is 71.3 Å². The molecule has 0 aliphatic heterocycles. The maximum absolute atomic E-state index is 13.2. The molecule has 0 saturated heterocycles. The van der Waals surface area contributed by atoms with Crippen LogP contribution < -0.4 is 5.32 Å². The summed E-state index contributed by atoms with van der Waals surface area (Å²) in [6.07, 6.45) is 0. The van der Waals surface area contributed by atoms with Crippen LogP contribution in [0.15, 0.2) is 48.5 Å². The Morgan fingerprint density at radius 1 is 1.08 bits per heavy atom. The number of carbonyl (C=O) groups is 1. The zero-order valence-corrected chi connectivity index (χ0v) is 14.1. The fourth-order valence-corrected chi connectivity index (χ4v) is 2.43. The first-order valence-corrected chi connectivity index (χ1v) is 7.87. The molecular weight excluding hydrogens is 310 g/mol. The van der Waals surface area contributed by atoms with E-state index in [-0.39, 0.29) is 29.6 Å². The Labute approximate surface area is 141 Å². The van der Waals surface area contributed by atoms with Crippen LogP contribution in [0.3, 0.4) is 0 Å². The Hall–Kier alpha value is -2.27. The van der Waals surface area contributed by atoms with Crippen molar-refractivity contribution in [2.75, 3.05) is 7.05 Å². The Morgan fingerprint density at radius 2 is 1.75 bits per heavy atom. The molecule has 0 radical (unpaired) electrons. The summed E-state index contributed by atoms with van der Waals surface area (Å²) in [5, 5.41) is 2.92. The number of likely N-dealkylation sites (N-methyl/N-ethyl adjacent to an activating group) is 1. The lowest BCUT2D eigenvalue weighted by Gasteiger charge is -2.25. The van der Waals surface area contributed by atoms with Crippen molar-refractivity contribution in [1.29, 1.82) is 0 Å². The lowest BCUT2D eigenvalue weighted by atomic mass is 10.1. The number of nitrogens with zero attached hydrogens (tertiary/aromatic N) is 1. The van der Waals surface area contributed by atoms with Gasteiger partial charge in [-0.25, -0.2) is 8.78 Å². The van der Waals surface area contributed by atoms with Gasteiger partial charge in [0.15, 0.2) is 0 Å². The summed E-state index contributed by atoms with van der Waals surface area (Å²) in [4.78, 5) is 14.2. The number of rotatable bonds is 6. The molecule has 1 N–H and O–H groups in total. The highest BCUT2D eigenvalue weighted by Gasteiger charge is 2.20. The summed E-state index contributed by atoms with van der Waals surface area (Å²) in [6, 6.07) is 11.8. The van der Waals surface area contributed by atoms with Crippen LogP contribution in [-0.2, 0) is 11.3 Å². The number of hydrogen-bond donors (Lipinski definition) is 1. The zero-order chi connectivity index (χ0) is 17.7. The average Bonchev–Trinajstić information content (AvgIpc) is 2.54. The van der Waals surface area contributed by atoms with Crippen LogP contribution in [0.2, 0.25) is 0 Å². The summed E-state index contributed by atoms with van der Waals surface area (Å²) >= 11 is 0. The maximum Gasteiger partial charge on any atom is 0.237 e. The van der Waals surface area contributed by atoms with Crippen LogP contribution in [0.25, 0.3) is 0 Å². The molecule has 0 aliphatic rings. The average molecular weight is 332 g/mol. The van der Waals surface area contributed by atoms with E-state index < -0.39 is 0 Å². The van der Waals surface area contributed by atoms with Gasteiger partial charge in [0.2, 0.25) is 5.91 Å². The molecule has 5 heteroatoms. The van der Waals surface area contributed by atoms with Gasteiger partial charge in [0.25, 0.3) is 0 Å². The second kappa shape index (κ2) is 8.02. The molecule has 128 valence electrons. The molecule has 2 aromatic carbocycles. The molecule has 2 aromatic rings. The predicted octanol–water partition coefficient (Wildman–Crippen LogP) is 3.66. The largest absolute Gasteiger partial charge is 0.348 e. The summed E-state index contributed by atoms with van der Waals surface area (Å²) in [6.45, 7) is 4.12. The van der Waals surface area contributed by atoms with Gasteiger partial charge in [0, 0.05) is 6.54 Å². The third-order valence-corrected chi connectivity index (χ3v) is 4.09. The van der Waals surface area contributed by atoms with Crippen LogP contribution in [0.1, 0.15) is 31.0 Å². The molecule has 0 bridgehead atoms. The van der Waals surface area contributed by atoms with Crippen LogP contribution in [0, 0.1) is 11.6 Å². The minimum absolute atomic E-state index is 0.134. The molecule has 0 saturated carbocycles. The lowest BCUT2D eigenvalue weighted by molar-refractivity contribution is -0.126. The van der Waals surface area contributed by atoms with E-state index in [0.717, 1.165) is 11.1 Å². The number of halogens is 2. The van der Waals surface area contributed by atoms with Gasteiger partial charge in [-0.15, -0.1) is 0 Å². The van der Waals surface area contributed by atoms with Crippen molar-refractivity contribution in [1.82, 2.24) is 10.2 Å². The first-order valence-electron chi connectivity index (χ1n) is 7.87. The zero-order valence-electron chi connectivity index (χ0n) is 14.1. The second-order valence-electron chi connectivity index (χ2n) is 6.00. The lowest BCUT2D eigenvalue weighted by Crippen LogP contribution is -2.43. The van der Waals surface area contributed by atoms with E-state index >= 15 is 0 Å². The molecule has 2 unspecified atom stereocenters. The molecule has 3 nitrogen and oxygen atoms in total. The Kier molecular flexibility index (Phi) is 6.04. The van der Waals surface area contributed by atoms with Crippen molar-refractivity contribution in [2.24, 2.45) is 0 Å². The molecule has 2 rings (SSSR count). The van der Waals surface area contributed by atoms with Gasteiger partial charge < -0.3 is 5.32 Å². The van der Waals surface area contributed by atoms with Gasteiger partial charge in [-0.1, -0.05) is 24.3 Å². The van der Waals surface area contributed by atoms with E-state index in [4.69, 9.17) is 0 Å². The van der Waals surface area contributed by atoms with Gasteiger partial charge in [-0.2, -0.15) is 0 Å². The van der Waals surface area contributed by atoms with Gasteiger partial charge in [0.1, 0.15) is 11.6 Å². The van der Waals surface area contributed by atoms with E-state index in [1.807, 2.05) is 24.9 Å². The highest BCUT2D eigenvalue weighted by Crippen LogP contribution is 2.14.